The van der Waals surface area contributed by atoms with Crippen molar-refractivity contribution < 1.29 is 14.3 Å². The molecule has 2 saturated heterocycles. The number of carbonyl (C=O) groups is 1. The van der Waals surface area contributed by atoms with E-state index in [1.807, 2.05) is 23.1 Å². The van der Waals surface area contributed by atoms with Crippen molar-refractivity contribution in [3.8, 4) is 11.5 Å². The number of ether oxygens (including phenoxy) is 2. The first-order valence-electron chi connectivity index (χ1n) is 8.21. The molecule has 0 radical (unpaired) electrons. The lowest BCUT2D eigenvalue weighted by molar-refractivity contribution is -0.132. The van der Waals surface area contributed by atoms with Crippen LogP contribution in [0.1, 0.15) is 25.7 Å². The van der Waals surface area contributed by atoms with Gasteiger partial charge in [0.15, 0.2) is 11.5 Å². The predicted octanol–water partition coefficient (Wildman–Crippen LogP) is 1.95. The van der Waals surface area contributed by atoms with E-state index >= 15 is 0 Å². The van der Waals surface area contributed by atoms with Gasteiger partial charge in [-0.15, -0.1) is 0 Å². The first-order chi connectivity index (χ1) is 10.8. The molecule has 0 bridgehead atoms. The average Bonchev–Trinajstić information content (AvgIpc) is 2.58. The predicted molar refractivity (Wildman–Crippen MR) is 83.6 cm³/mol. The van der Waals surface area contributed by atoms with E-state index in [1.54, 1.807) is 0 Å². The average molecular weight is 302 g/mol. The molecule has 4 rings (SSSR count). The Morgan fingerprint density at radius 3 is 2.64 bits per heavy atom. The third-order valence-electron chi connectivity index (χ3n) is 5.13. The van der Waals surface area contributed by atoms with Gasteiger partial charge < -0.3 is 19.7 Å². The smallest absolute Gasteiger partial charge is 0.233 e. The Bertz CT molecular complexity index is 576. The molecule has 3 aliphatic heterocycles. The Morgan fingerprint density at radius 1 is 1.05 bits per heavy atom. The lowest BCUT2D eigenvalue weighted by Crippen LogP contribution is -2.53. The third kappa shape index (κ3) is 2.24. The molecule has 22 heavy (non-hydrogen) atoms. The molecule has 0 unspecified atom stereocenters. The van der Waals surface area contributed by atoms with Gasteiger partial charge in [0.05, 0.1) is 5.41 Å². The van der Waals surface area contributed by atoms with Gasteiger partial charge in [-0.25, -0.2) is 0 Å². The Balaban J connectivity index is 1.62. The second-order valence-electron chi connectivity index (χ2n) is 6.42. The summed E-state index contributed by atoms with van der Waals surface area (Å²) < 4.78 is 11.2. The molecule has 5 nitrogen and oxygen atoms in total. The maximum absolute atomic E-state index is 13.1. The maximum atomic E-state index is 13.1. The van der Waals surface area contributed by atoms with Crippen molar-refractivity contribution in [3.05, 3.63) is 18.2 Å². The van der Waals surface area contributed by atoms with Crippen molar-refractivity contribution >= 4 is 11.6 Å². The number of nitrogens with zero attached hydrogens (tertiary/aromatic N) is 1. The number of hydrogen-bond donors (Lipinski definition) is 1. The molecule has 1 aromatic carbocycles. The van der Waals surface area contributed by atoms with Crippen molar-refractivity contribution in [2.75, 3.05) is 37.7 Å². The van der Waals surface area contributed by atoms with E-state index in [0.29, 0.717) is 13.2 Å². The van der Waals surface area contributed by atoms with Gasteiger partial charge in [0.1, 0.15) is 13.2 Å². The highest BCUT2D eigenvalue weighted by Crippen LogP contribution is 2.42. The minimum absolute atomic E-state index is 0.156. The molecule has 1 aromatic rings. The van der Waals surface area contributed by atoms with Gasteiger partial charge in [0, 0.05) is 18.3 Å². The van der Waals surface area contributed by atoms with E-state index in [1.165, 1.54) is 0 Å². The molecule has 0 aliphatic carbocycles. The minimum atomic E-state index is -0.156. The minimum Gasteiger partial charge on any atom is -0.486 e. The zero-order chi connectivity index (χ0) is 15.0. The number of anilines is 1. The van der Waals surface area contributed by atoms with E-state index in [-0.39, 0.29) is 11.3 Å². The standard InChI is InChI=1S/C17H22N2O3/c20-16-17(5-7-18-8-6-17)4-1-9-19(16)13-2-3-14-15(12-13)22-11-10-21-14/h2-3,12,18H,1,4-11H2. The molecule has 1 spiro atoms. The Hall–Kier alpha value is -1.75. The topological polar surface area (TPSA) is 50.8 Å². The van der Waals surface area contributed by atoms with Crippen LogP contribution in [0, 0.1) is 5.41 Å². The molecular weight excluding hydrogens is 280 g/mol. The monoisotopic (exact) mass is 302 g/mol. The molecule has 1 N–H and O–H groups in total. The number of fused-ring (bicyclic) bond motifs is 1. The summed E-state index contributed by atoms with van der Waals surface area (Å²) in [4.78, 5) is 15.0. The Kier molecular flexibility index (Phi) is 3.45. The molecule has 0 atom stereocenters. The lowest BCUT2D eigenvalue weighted by Gasteiger charge is -2.44. The second kappa shape index (κ2) is 5.47. The van der Waals surface area contributed by atoms with Crippen LogP contribution in [-0.4, -0.2) is 38.8 Å². The molecule has 118 valence electrons. The van der Waals surface area contributed by atoms with Gasteiger partial charge in [0.25, 0.3) is 0 Å². The maximum Gasteiger partial charge on any atom is 0.233 e. The first kappa shape index (κ1) is 13.9. The number of hydrogen-bond acceptors (Lipinski definition) is 4. The fourth-order valence-corrected chi connectivity index (χ4v) is 3.89. The van der Waals surface area contributed by atoms with Crippen molar-refractivity contribution in [2.45, 2.75) is 25.7 Å². The van der Waals surface area contributed by atoms with Crippen LogP contribution >= 0.6 is 0 Å². The summed E-state index contributed by atoms with van der Waals surface area (Å²) in [7, 11) is 0. The molecule has 2 fully saturated rings. The van der Waals surface area contributed by atoms with E-state index in [0.717, 1.165) is 62.5 Å². The van der Waals surface area contributed by atoms with Crippen molar-refractivity contribution in [1.82, 2.24) is 5.32 Å². The lowest BCUT2D eigenvalue weighted by atomic mass is 9.72. The van der Waals surface area contributed by atoms with Crippen LogP contribution in [0.5, 0.6) is 11.5 Å². The molecule has 0 aromatic heterocycles. The van der Waals surface area contributed by atoms with Crippen molar-refractivity contribution in [1.29, 1.82) is 0 Å². The largest absolute Gasteiger partial charge is 0.486 e. The van der Waals surface area contributed by atoms with Gasteiger partial charge >= 0.3 is 0 Å². The van der Waals surface area contributed by atoms with E-state index in [2.05, 4.69) is 5.32 Å². The van der Waals surface area contributed by atoms with Gasteiger partial charge in [0.2, 0.25) is 5.91 Å². The zero-order valence-electron chi connectivity index (χ0n) is 12.8. The van der Waals surface area contributed by atoms with Crippen molar-refractivity contribution in [2.24, 2.45) is 5.41 Å². The van der Waals surface area contributed by atoms with Crippen molar-refractivity contribution in [3.63, 3.8) is 0 Å². The highest BCUT2D eigenvalue weighted by atomic mass is 16.6. The van der Waals surface area contributed by atoms with Crippen LogP contribution < -0.4 is 19.7 Å². The highest BCUT2D eigenvalue weighted by Gasteiger charge is 2.44. The van der Waals surface area contributed by atoms with Gasteiger partial charge in [-0.3, -0.25) is 4.79 Å². The quantitative estimate of drug-likeness (QED) is 0.861. The number of nitrogens with one attached hydrogen (secondary N) is 1. The second-order valence-corrected chi connectivity index (χ2v) is 6.42. The van der Waals surface area contributed by atoms with Crippen LogP contribution in [0.15, 0.2) is 18.2 Å². The fraction of sp³-hybridized carbons (Fsp3) is 0.588. The van der Waals surface area contributed by atoms with Crippen LogP contribution in [0.4, 0.5) is 5.69 Å². The first-order valence-corrected chi connectivity index (χ1v) is 8.21. The number of amides is 1. The molecular formula is C17H22N2O3. The SMILES string of the molecule is O=C1N(c2ccc3c(c2)OCCO3)CCCC12CCNCC2. The van der Waals surface area contributed by atoms with E-state index < -0.39 is 0 Å². The Morgan fingerprint density at radius 2 is 1.82 bits per heavy atom. The van der Waals surface area contributed by atoms with Gasteiger partial charge in [-0.2, -0.15) is 0 Å². The number of benzene rings is 1. The fourth-order valence-electron chi connectivity index (χ4n) is 3.89. The van der Waals surface area contributed by atoms with Gasteiger partial charge in [-0.05, 0) is 50.9 Å². The normalized spacial score (nSPS) is 23.6. The zero-order valence-corrected chi connectivity index (χ0v) is 12.8. The summed E-state index contributed by atoms with van der Waals surface area (Å²) in [5.41, 5.74) is 0.781. The Labute approximate surface area is 130 Å². The molecule has 0 saturated carbocycles. The third-order valence-corrected chi connectivity index (χ3v) is 5.13. The summed E-state index contributed by atoms with van der Waals surface area (Å²) >= 11 is 0. The summed E-state index contributed by atoms with van der Waals surface area (Å²) in [5, 5.41) is 3.37. The summed E-state index contributed by atoms with van der Waals surface area (Å²) in [6.07, 6.45) is 3.99. The number of piperidine rings is 2. The number of rotatable bonds is 1. The van der Waals surface area contributed by atoms with Crippen LogP contribution in [-0.2, 0) is 4.79 Å². The highest BCUT2D eigenvalue weighted by molar-refractivity contribution is 5.98. The summed E-state index contributed by atoms with van der Waals surface area (Å²) in [6, 6.07) is 5.85. The van der Waals surface area contributed by atoms with E-state index in [9.17, 15) is 4.79 Å². The molecule has 3 aliphatic rings. The summed E-state index contributed by atoms with van der Waals surface area (Å²) in [5.74, 6) is 1.81. The van der Waals surface area contributed by atoms with Crippen LogP contribution in [0.25, 0.3) is 0 Å². The number of carbonyl (C=O) groups excluding carboxylic acids is 1. The van der Waals surface area contributed by atoms with Crippen LogP contribution in [0.2, 0.25) is 0 Å². The van der Waals surface area contributed by atoms with Crippen LogP contribution in [0.3, 0.4) is 0 Å². The molecule has 3 heterocycles. The van der Waals surface area contributed by atoms with E-state index in [4.69, 9.17) is 9.47 Å². The summed E-state index contributed by atoms with van der Waals surface area (Å²) in [6.45, 7) is 3.85. The van der Waals surface area contributed by atoms with Gasteiger partial charge in [-0.1, -0.05) is 0 Å². The molecule has 1 amide bonds. The molecule has 5 heteroatoms.